The lowest BCUT2D eigenvalue weighted by molar-refractivity contribution is 0.0521. The van der Waals surface area contributed by atoms with Crippen LogP contribution in [-0.4, -0.2) is 48.3 Å². The molecule has 2 rings (SSSR count). The zero-order valence-electron chi connectivity index (χ0n) is 11.6. The van der Waals surface area contributed by atoms with E-state index in [1.54, 1.807) is 12.0 Å². The smallest absolute Gasteiger partial charge is 0.338 e. The summed E-state index contributed by atoms with van der Waals surface area (Å²) in [6.07, 6.45) is 1.68. The number of hydrogen-bond acceptors (Lipinski definition) is 3. The number of anilines is 1. The van der Waals surface area contributed by atoms with Gasteiger partial charge >= 0.3 is 12.0 Å². The van der Waals surface area contributed by atoms with Crippen molar-refractivity contribution < 1.29 is 23.8 Å². The predicted molar refractivity (Wildman–Crippen MR) is 74.0 cm³/mol. The standard InChI is InChI=1S/C14H17FN2O4/c1-21-10-4-6-17(7-5-10)14(20)16-9-2-3-12(15)11(8-9)13(18)19/h2-3,8,10H,4-7H2,1H3,(H,16,20)(H,18,19). The van der Waals surface area contributed by atoms with E-state index in [1.807, 2.05) is 0 Å². The number of nitrogens with one attached hydrogen (secondary N) is 1. The van der Waals surface area contributed by atoms with Gasteiger partial charge in [0.15, 0.2) is 0 Å². The number of likely N-dealkylation sites (tertiary alicyclic amines) is 1. The fraction of sp³-hybridized carbons (Fsp3) is 0.429. The number of halogens is 1. The van der Waals surface area contributed by atoms with Gasteiger partial charge in [0.05, 0.1) is 11.7 Å². The first-order valence-corrected chi connectivity index (χ1v) is 6.63. The van der Waals surface area contributed by atoms with Gasteiger partial charge in [-0.05, 0) is 31.0 Å². The minimum Gasteiger partial charge on any atom is -0.478 e. The average Bonchev–Trinajstić information content (AvgIpc) is 2.49. The van der Waals surface area contributed by atoms with Gasteiger partial charge in [-0.3, -0.25) is 0 Å². The molecule has 0 saturated carbocycles. The molecule has 0 unspecified atom stereocenters. The molecule has 0 spiro atoms. The number of benzene rings is 1. The van der Waals surface area contributed by atoms with Crippen LogP contribution >= 0.6 is 0 Å². The Morgan fingerprint density at radius 1 is 1.38 bits per heavy atom. The second kappa shape index (κ2) is 6.53. The van der Waals surface area contributed by atoms with Gasteiger partial charge in [-0.1, -0.05) is 0 Å². The molecule has 1 aliphatic heterocycles. The van der Waals surface area contributed by atoms with Crippen molar-refractivity contribution in [3.63, 3.8) is 0 Å². The van der Waals surface area contributed by atoms with Gasteiger partial charge in [0.25, 0.3) is 0 Å². The molecule has 0 bridgehead atoms. The fourth-order valence-electron chi connectivity index (χ4n) is 2.26. The van der Waals surface area contributed by atoms with Gasteiger partial charge in [0, 0.05) is 25.9 Å². The number of amides is 2. The van der Waals surface area contributed by atoms with Crippen LogP contribution in [0, 0.1) is 5.82 Å². The fourth-order valence-corrected chi connectivity index (χ4v) is 2.26. The van der Waals surface area contributed by atoms with Crippen LogP contribution in [0.25, 0.3) is 0 Å². The number of rotatable bonds is 3. The summed E-state index contributed by atoms with van der Waals surface area (Å²) in [5.41, 5.74) is -0.210. The van der Waals surface area contributed by atoms with Gasteiger partial charge < -0.3 is 20.1 Å². The van der Waals surface area contributed by atoms with E-state index in [1.165, 1.54) is 6.07 Å². The van der Waals surface area contributed by atoms with Crippen molar-refractivity contribution in [3.05, 3.63) is 29.6 Å². The molecule has 1 aromatic carbocycles. The van der Waals surface area contributed by atoms with Crippen molar-refractivity contribution in [3.8, 4) is 0 Å². The number of methoxy groups -OCH3 is 1. The number of carboxylic acids is 1. The molecule has 0 aliphatic carbocycles. The van der Waals surface area contributed by atoms with Crippen molar-refractivity contribution in [1.82, 2.24) is 4.90 Å². The molecule has 1 fully saturated rings. The van der Waals surface area contributed by atoms with Crippen molar-refractivity contribution >= 4 is 17.7 Å². The summed E-state index contributed by atoms with van der Waals surface area (Å²) in [4.78, 5) is 24.5. The number of nitrogens with zero attached hydrogens (tertiary/aromatic N) is 1. The molecule has 21 heavy (non-hydrogen) atoms. The summed E-state index contributed by atoms with van der Waals surface area (Å²) in [6.45, 7) is 1.13. The van der Waals surface area contributed by atoms with Crippen LogP contribution in [0.5, 0.6) is 0 Å². The van der Waals surface area contributed by atoms with Crippen LogP contribution in [0.1, 0.15) is 23.2 Å². The molecule has 114 valence electrons. The highest BCUT2D eigenvalue weighted by Crippen LogP contribution is 2.17. The molecule has 0 aromatic heterocycles. The van der Waals surface area contributed by atoms with Gasteiger partial charge in [-0.15, -0.1) is 0 Å². The molecule has 1 saturated heterocycles. The van der Waals surface area contributed by atoms with E-state index in [0.29, 0.717) is 13.1 Å². The van der Waals surface area contributed by atoms with E-state index in [9.17, 15) is 14.0 Å². The summed E-state index contributed by atoms with van der Waals surface area (Å²) in [6, 6.07) is 3.14. The number of aromatic carboxylic acids is 1. The topological polar surface area (TPSA) is 78.9 Å². The van der Waals surface area contributed by atoms with Crippen molar-refractivity contribution in [2.45, 2.75) is 18.9 Å². The largest absolute Gasteiger partial charge is 0.478 e. The summed E-state index contributed by atoms with van der Waals surface area (Å²) in [7, 11) is 1.65. The SMILES string of the molecule is COC1CCN(C(=O)Nc2ccc(F)c(C(=O)O)c2)CC1. The Balaban J connectivity index is 2.00. The maximum atomic E-state index is 13.3. The molecule has 2 N–H and O–H groups in total. The maximum Gasteiger partial charge on any atom is 0.338 e. The number of ether oxygens (including phenoxy) is 1. The van der Waals surface area contributed by atoms with Gasteiger partial charge in [0.1, 0.15) is 5.82 Å². The zero-order chi connectivity index (χ0) is 15.4. The third-order valence-corrected chi connectivity index (χ3v) is 3.51. The van der Waals surface area contributed by atoms with Crippen molar-refractivity contribution in [2.75, 3.05) is 25.5 Å². The van der Waals surface area contributed by atoms with Crippen LogP contribution in [0.2, 0.25) is 0 Å². The van der Waals surface area contributed by atoms with Crippen molar-refractivity contribution in [2.24, 2.45) is 0 Å². The van der Waals surface area contributed by atoms with E-state index < -0.39 is 17.3 Å². The molecule has 1 heterocycles. The Morgan fingerprint density at radius 3 is 2.62 bits per heavy atom. The van der Waals surface area contributed by atoms with Crippen molar-refractivity contribution in [1.29, 1.82) is 0 Å². The second-order valence-electron chi connectivity index (χ2n) is 4.85. The molecule has 6 nitrogen and oxygen atoms in total. The minimum atomic E-state index is -1.37. The van der Waals surface area contributed by atoms with Crippen LogP contribution in [0.3, 0.4) is 0 Å². The average molecular weight is 296 g/mol. The van der Waals surface area contributed by atoms with E-state index in [4.69, 9.17) is 9.84 Å². The lowest BCUT2D eigenvalue weighted by Crippen LogP contribution is -2.42. The molecule has 2 amide bonds. The Hall–Kier alpha value is -2.15. The third kappa shape index (κ3) is 3.69. The number of hydrogen-bond donors (Lipinski definition) is 2. The quantitative estimate of drug-likeness (QED) is 0.896. The zero-order valence-corrected chi connectivity index (χ0v) is 11.6. The van der Waals surface area contributed by atoms with Crippen LogP contribution in [-0.2, 0) is 4.74 Å². The molecule has 0 radical (unpaired) electrons. The first-order chi connectivity index (χ1) is 10.0. The monoisotopic (exact) mass is 296 g/mol. The Kier molecular flexibility index (Phi) is 4.74. The highest BCUT2D eigenvalue weighted by Gasteiger charge is 2.22. The number of piperidine rings is 1. The van der Waals surface area contributed by atoms with Crippen LogP contribution < -0.4 is 5.32 Å². The summed E-state index contributed by atoms with van der Waals surface area (Å²) >= 11 is 0. The van der Waals surface area contributed by atoms with Gasteiger partial charge in [-0.25, -0.2) is 14.0 Å². The van der Waals surface area contributed by atoms with E-state index in [0.717, 1.165) is 25.0 Å². The summed E-state index contributed by atoms with van der Waals surface area (Å²) in [5.74, 6) is -2.20. The lowest BCUT2D eigenvalue weighted by atomic mass is 10.1. The van der Waals surface area contributed by atoms with Crippen LogP contribution in [0.4, 0.5) is 14.9 Å². The normalized spacial score (nSPS) is 15.8. The number of carboxylic acid groups (broad SMARTS) is 1. The maximum absolute atomic E-state index is 13.3. The molecule has 0 atom stereocenters. The van der Waals surface area contributed by atoms with E-state index in [2.05, 4.69) is 5.32 Å². The van der Waals surface area contributed by atoms with Gasteiger partial charge in [0.2, 0.25) is 0 Å². The first-order valence-electron chi connectivity index (χ1n) is 6.63. The van der Waals surface area contributed by atoms with Crippen LogP contribution in [0.15, 0.2) is 18.2 Å². The number of carbonyl (C=O) groups excluding carboxylic acids is 1. The predicted octanol–water partition coefficient (Wildman–Crippen LogP) is 2.17. The number of urea groups is 1. The third-order valence-electron chi connectivity index (χ3n) is 3.51. The Morgan fingerprint density at radius 2 is 2.05 bits per heavy atom. The van der Waals surface area contributed by atoms with Gasteiger partial charge in [-0.2, -0.15) is 0 Å². The second-order valence-corrected chi connectivity index (χ2v) is 4.85. The summed E-state index contributed by atoms with van der Waals surface area (Å²) < 4.78 is 18.5. The molecule has 7 heteroatoms. The number of carbonyl (C=O) groups is 2. The molecule has 1 aliphatic rings. The Labute approximate surface area is 121 Å². The molecular weight excluding hydrogens is 279 g/mol. The van der Waals surface area contributed by atoms with E-state index in [-0.39, 0.29) is 17.8 Å². The Bertz CT molecular complexity index is 542. The van der Waals surface area contributed by atoms with E-state index >= 15 is 0 Å². The summed E-state index contributed by atoms with van der Waals surface area (Å²) in [5, 5.41) is 11.4. The molecular formula is C14H17FN2O4. The highest BCUT2D eigenvalue weighted by atomic mass is 19.1. The lowest BCUT2D eigenvalue weighted by Gasteiger charge is -2.31. The minimum absolute atomic E-state index is 0.165. The highest BCUT2D eigenvalue weighted by molar-refractivity contribution is 5.93. The first kappa shape index (κ1) is 15.2. The molecule has 1 aromatic rings.